The maximum absolute atomic E-state index is 5.69. The first kappa shape index (κ1) is 16.8. The molecule has 4 nitrogen and oxygen atoms in total. The first-order valence-electron chi connectivity index (χ1n) is 6.66. The van der Waals surface area contributed by atoms with E-state index in [1.807, 2.05) is 20.8 Å². The molecule has 1 aliphatic rings. The van der Waals surface area contributed by atoms with E-state index in [-0.39, 0.29) is 5.79 Å². The molecular weight excluding hydrogens is 218 g/mol. The smallest absolute Gasteiger partial charge is 0.170 e. The number of hydrogen-bond donors (Lipinski definition) is 0. The van der Waals surface area contributed by atoms with E-state index in [1.54, 1.807) is 14.2 Å². The van der Waals surface area contributed by atoms with Crippen LogP contribution in [0.15, 0.2) is 0 Å². The minimum atomic E-state index is -0.335. The van der Waals surface area contributed by atoms with Crippen LogP contribution >= 0.6 is 0 Å². The van der Waals surface area contributed by atoms with E-state index < -0.39 is 0 Å². The van der Waals surface area contributed by atoms with Gasteiger partial charge < -0.3 is 19.1 Å². The Labute approximate surface area is 106 Å². The molecule has 0 aliphatic carbocycles. The van der Waals surface area contributed by atoms with Crippen molar-refractivity contribution in [1.29, 1.82) is 0 Å². The van der Waals surface area contributed by atoms with E-state index >= 15 is 0 Å². The lowest BCUT2D eigenvalue weighted by Gasteiger charge is -2.40. The van der Waals surface area contributed by atoms with Gasteiger partial charge in [0, 0.05) is 53.3 Å². The molecular formula is C13H29NO3. The van der Waals surface area contributed by atoms with E-state index in [4.69, 9.17) is 14.2 Å². The fourth-order valence-electron chi connectivity index (χ4n) is 2.01. The van der Waals surface area contributed by atoms with Crippen LogP contribution in [0, 0.1) is 0 Å². The number of ether oxygens (including phenoxy) is 3. The summed E-state index contributed by atoms with van der Waals surface area (Å²) in [6.45, 7) is 10.6. The van der Waals surface area contributed by atoms with Crippen molar-refractivity contribution in [3.8, 4) is 0 Å². The van der Waals surface area contributed by atoms with Crippen LogP contribution in [0.25, 0.3) is 0 Å². The number of piperidine rings is 1. The fourth-order valence-corrected chi connectivity index (χ4v) is 2.01. The first-order valence-corrected chi connectivity index (χ1v) is 6.66. The molecule has 0 atom stereocenters. The molecule has 1 fully saturated rings. The highest BCUT2D eigenvalue weighted by atomic mass is 16.7. The van der Waals surface area contributed by atoms with Gasteiger partial charge in [0.05, 0.1) is 6.61 Å². The van der Waals surface area contributed by atoms with E-state index in [1.165, 1.54) is 0 Å². The van der Waals surface area contributed by atoms with Gasteiger partial charge in [0.2, 0.25) is 0 Å². The number of hydrogen-bond acceptors (Lipinski definition) is 4. The Morgan fingerprint density at radius 1 is 1.12 bits per heavy atom. The summed E-state index contributed by atoms with van der Waals surface area (Å²) in [5.74, 6) is -0.335. The molecule has 104 valence electrons. The first-order chi connectivity index (χ1) is 8.26. The van der Waals surface area contributed by atoms with Crippen molar-refractivity contribution >= 4 is 0 Å². The standard InChI is InChI=1S/C11H23NO3.C2H6/c1-4-15-11(14-3)5-7-12(8-6-11)9-10-13-2;1-2/h4-10H2,1-3H3;1-2H3. The Kier molecular flexibility index (Phi) is 9.74. The van der Waals surface area contributed by atoms with Crippen molar-refractivity contribution < 1.29 is 14.2 Å². The second kappa shape index (κ2) is 9.83. The highest BCUT2D eigenvalue weighted by molar-refractivity contribution is 4.79. The zero-order valence-corrected chi connectivity index (χ0v) is 12.1. The van der Waals surface area contributed by atoms with Gasteiger partial charge in [-0.25, -0.2) is 0 Å². The molecule has 0 aromatic heterocycles. The largest absolute Gasteiger partial charge is 0.383 e. The van der Waals surface area contributed by atoms with Crippen molar-refractivity contribution in [2.45, 2.75) is 39.4 Å². The zero-order chi connectivity index (χ0) is 13.1. The van der Waals surface area contributed by atoms with Crippen LogP contribution < -0.4 is 0 Å². The lowest BCUT2D eigenvalue weighted by atomic mass is 10.0. The zero-order valence-electron chi connectivity index (χ0n) is 12.1. The topological polar surface area (TPSA) is 30.9 Å². The summed E-state index contributed by atoms with van der Waals surface area (Å²) in [5, 5.41) is 0. The average molecular weight is 247 g/mol. The minimum Gasteiger partial charge on any atom is -0.383 e. The average Bonchev–Trinajstić information content (AvgIpc) is 2.41. The lowest BCUT2D eigenvalue weighted by molar-refractivity contribution is -0.241. The molecule has 1 rings (SSSR count). The third-order valence-electron chi connectivity index (χ3n) is 3.01. The third kappa shape index (κ3) is 5.82. The summed E-state index contributed by atoms with van der Waals surface area (Å²) in [5.41, 5.74) is 0. The van der Waals surface area contributed by atoms with Gasteiger partial charge in [-0.1, -0.05) is 13.8 Å². The highest BCUT2D eigenvalue weighted by Gasteiger charge is 2.34. The van der Waals surface area contributed by atoms with E-state index in [2.05, 4.69) is 4.90 Å². The van der Waals surface area contributed by atoms with Gasteiger partial charge in [0.25, 0.3) is 0 Å². The van der Waals surface area contributed by atoms with Gasteiger partial charge in [0.15, 0.2) is 5.79 Å². The molecule has 0 bridgehead atoms. The molecule has 0 spiro atoms. The lowest BCUT2D eigenvalue weighted by Crippen LogP contribution is -2.48. The quantitative estimate of drug-likeness (QED) is 0.673. The van der Waals surface area contributed by atoms with Gasteiger partial charge in [0.1, 0.15) is 0 Å². The molecule has 0 aromatic rings. The monoisotopic (exact) mass is 247 g/mol. The van der Waals surface area contributed by atoms with Crippen LogP contribution in [-0.4, -0.2) is 57.8 Å². The molecule has 1 heterocycles. The summed E-state index contributed by atoms with van der Waals surface area (Å²) in [7, 11) is 3.48. The highest BCUT2D eigenvalue weighted by Crippen LogP contribution is 2.26. The molecule has 0 amide bonds. The van der Waals surface area contributed by atoms with Gasteiger partial charge in [-0.2, -0.15) is 0 Å². The Bertz CT molecular complexity index is 168. The van der Waals surface area contributed by atoms with Gasteiger partial charge in [-0.15, -0.1) is 0 Å². The SMILES string of the molecule is CC.CCOC1(OC)CCN(CCOC)CC1. The number of methoxy groups -OCH3 is 2. The Hall–Kier alpha value is -0.160. The van der Waals surface area contributed by atoms with Crippen LogP contribution in [-0.2, 0) is 14.2 Å². The number of likely N-dealkylation sites (tertiary alicyclic amines) is 1. The summed E-state index contributed by atoms with van der Waals surface area (Å²) in [6, 6.07) is 0. The van der Waals surface area contributed by atoms with Gasteiger partial charge in [-0.3, -0.25) is 0 Å². The molecule has 0 unspecified atom stereocenters. The Morgan fingerprint density at radius 2 is 1.71 bits per heavy atom. The van der Waals surface area contributed by atoms with E-state index in [0.717, 1.165) is 39.1 Å². The molecule has 17 heavy (non-hydrogen) atoms. The second-order valence-electron chi connectivity index (χ2n) is 3.88. The summed E-state index contributed by atoms with van der Waals surface area (Å²) < 4.78 is 16.3. The third-order valence-corrected chi connectivity index (χ3v) is 3.01. The van der Waals surface area contributed by atoms with Crippen molar-refractivity contribution in [3.63, 3.8) is 0 Å². The fraction of sp³-hybridized carbons (Fsp3) is 1.00. The van der Waals surface area contributed by atoms with Crippen LogP contribution in [0.2, 0.25) is 0 Å². The summed E-state index contributed by atoms with van der Waals surface area (Å²) >= 11 is 0. The van der Waals surface area contributed by atoms with Crippen LogP contribution in [0.1, 0.15) is 33.6 Å². The maximum Gasteiger partial charge on any atom is 0.170 e. The molecule has 0 saturated carbocycles. The van der Waals surface area contributed by atoms with Crippen LogP contribution in [0.5, 0.6) is 0 Å². The van der Waals surface area contributed by atoms with Crippen LogP contribution in [0.3, 0.4) is 0 Å². The second-order valence-corrected chi connectivity index (χ2v) is 3.88. The van der Waals surface area contributed by atoms with E-state index in [9.17, 15) is 0 Å². The van der Waals surface area contributed by atoms with E-state index in [0.29, 0.717) is 6.61 Å². The van der Waals surface area contributed by atoms with Gasteiger partial charge in [-0.05, 0) is 6.92 Å². The summed E-state index contributed by atoms with van der Waals surface area (Å²) in [4.78, 5) is 2.39. The number of rotatable bonds is 6. The van der Waals surface area contributed by atoms with Gasteiger partial charge >= 0.3 is 0 Å². The molecule has 1 saturated heterocycles. The Morgan fingerprint density at radius 3 is 2.12 bits per heavy atom. The van der Waals surface area contributed by atoms with Crippen LogP contribution in [0.4, 0.5) is 0 Å². The minimum absolute atomic E-state index is 0.335. The Balaban J connectivity index is 0.00000121. The molecule has 4 heteroatoms. The summed E-state index contributed by atoms with van der Waals surface area (Å²) in [6.07, 6.45) is 1.89. The van der Waals surface area contributed by atoms with Crippen molar-refractivity contribution in [2.24, 2.45) is 0 Å². The predicted molar refractivity (Wildman–Crippen MR) is 70.3 cm³/mol. The molecule has 0 radical (unpaired) electrons. The van der Waals surface area contributed by atoms with Crippen molar-refractivity contribution in [1.82, 2.24) is 4.90 Å². The maximum atomic E-state index is 5.69. The molecule has 0 aromatic carbocycles. The molecule has 1 aliphatic heterocycles. The predicted octanol–water partition coefficient (Wildman–Crippen LogP) is 2.13. The normalized spacial score (nSPS) is 19.6. The molecule has 0 N–H and O–H groups in total. The van der Waals surface area contributed by atoms with Crippen molar-refractivity contribution in [3.05, 3.63) is 0 Å². The number of nitrogens with zero attached hydrogens (tertiary/aromatic N) is 1. The van der Waals surface area contributed by atoms with Crippen molar-refractivity contribution in [2.75, 3.05) is 47.1 Å².